The van der Waals surface area contributed by atoms with Gasteiger partial charge in [0.15, 0.2) is 15.6 Å². The summed E-state index contributed by atoms with van der Waals surface area (Å²) in [5, 5.41) is 7.52. The van der Waals surface area contributed by atoms with Gasteiger partial charge in [0.1, 0.15) is 5.69 Å². The maximum absolute atomic E-state index is 13.5. The van der Waals surface area contributed by atoms with Gasteiger partial charge in [-0.1, -0.05) is 66.2 Å². The van der Waals surface area contributed by atoms with Gasteiger partial charge in [-0.25, -0.2) is 8.42 Å². The van der Waals surface area contributed by atoms with Crippen LogP contribution in [0.3, 0.4) is 0 Å². The lowest BCUT2D eigenvalue weighted by atomic mass is 9.99. The molecule has 0 aliphatic carbocycles. The van der Waals surface area contributed by atoms with Gasteiger partial charge in [0, 0.05) is 111 Å². The molecule has 2 heterocycles. The number of anilines is 2. The van der Waals surface area contributed by atoms with E-state index < -0.39 is 9.84 Å². The summed E-state index contributed by atoms with van der Waals surface area (Å²) in [4.78, 5) is 36.3. The summed E-state index contributed by atoms with van der Waals surface area (Å²) in [6.07, 6.45) is 1.12. The Bertz CT molecular complexity index is 2370. The maximum Gasteiger partial charge on any atom is 0.178 e. The molecule has 63 heavy (non-hydrogen) atoms. The number of nitrogens with one attached hydrogen (secondary N) is 1. The second-order valence-electron chi connectivity index (χ2n) is 16.8. The number of carbonyl (C=O) groups is 1. The summed E-state index contributed by atoms with van der Waals surface area (Å²) in [7, 11) is -3.77. The number of carbonyl (C=O) groups excluding carboxylic acids is 1. The van der Waals surface area contributed by atoms with Crippen LogP contribution in [0.1, 0.15) is 49.0 Å². The van der Waals surface area contributed by atoms with E-state index in [2.05, 4.69) is 92.5 Å². The number of rotatable bonds is 20. The molecule has 1 N–H and O–H groups in total. The first kappa shape index (κ1) is 46.4. The highest BCUT2D eigenvalue weighted by Crippen LogP contribution is 2.32. The molecule has 0 bridgehead atoms. The summed E-state index contributed by atoms with van der Waals surface area (Å²) in [6.45, 7) is 14.0. The molecule has 2 aliphatic heterocycles. The number of hydrogen-bond donors (Lipinski definition) is 1. The maximum atomic E-state index is 13.5. The van der Waals surface area contributed by atoms with Gasteiger partial charge in [-0.2, -0.15) is 0 Å². The summed E-state index contributed by atoms with van der Waals surface area (Å²) in [5.74, 6) is 0.457. The number of piperazine rings is 2. The number of halogens is 1. The molecule has 0 radical (unpaired) electrons. The smallest absolute Gasteiger partial charge is 0.178 e. The Kier molecular flexibility index (Phi) is 16.5. The van der Waals surface area contributed by atoms with E-state index in [-0.39, 0.29) is 41.0 Å². The molecule has 7 rings (SSSR count). The van der Waals surface area contributed by atoms with Crippen LogP contribution in [-0.4, -0.2) is 111 Å². The van der Waals surface area contributed by atoms with E-state index >= 15 is 0 Å². The van der Waals surface area contributed by atoms with E-state index in [9.17, 15) is 18.1 Å². The van der Waals surface area contributed by atoms with Gasteiger partial charge in [-0.3, -0.25) is 14.6 Å². The quantitative estimate of drug-likeness (QED) is 0.0461. The number of sulfone groups is 1. The van der Waals surface area contributed by atoms with Gasteiger partial charge in [0.25, 0.3) is 0 Å². The minimum absolute atomic E-state index is 0.0205. The highest BCUT2D eigenvalue weighted by molar-refractivity contribution is 7.99. The van der Waals surface area contributed by atoms with Gasteiger partial charge < -0.3 is 15.1 Å². The van der Waals surface area contributed by atoms with Crippen molar-refractivity contribution in [1.29, 1.82) is 0 Å². The van der Waals surface area contributed by atoms with E-state index in [4.69, 9.17) is 11.6 Å². The molecular formula is C50H59ClN6O4S2. The molecule has 10 nitrogen and oxygen atoms in total. The van der Waals surface area contributed by atoms with E-state index in [0.29, 0.717) is 17.3 Å². The van der Waals surface area contributed by atoms with Crippen LogP contribution >= 0.6 is 23.4 Å². The van der Waals surface area contributed by atoms with Crippen LogP contribution in [0, 0.1) is 4.91 Å². The van der Waals surface area contributed by atoms with Gasteiger partial charge in [-0.05, 0) is 115 Å². The van der Waals surface area contributed by atoms with Gasteiger partial charge in [0.2, 0.25) is 0 Å². The van der Waals surface area contributed by atoms with Crippen molar-refractivity contribution in [2.24, 2.45) is 5.18 Å². The van der Waals surface area contributed by atoms with Crippen molar-refractivity contribution in [3.63, 3.8) is 0 Å². The molecule has 0 amide bonds. The largest absolute Gasteiger partial charge is 0.380 e. The van der Waals surface area contributed by atoms with Crippen molar-refractivity contribution in [3.8, 4) is 11.1 Å². The minimum atomic E-state index is -3.77. The average Bonchev–Trinajstić information content (AvgIpc) is 3.31. The monoisotopic (exact) mass is 906 g/mol. The summed E-state index contributed by atoms with van der Waals surface area (Å²) < 4.78 is 27.0. The lowest BCUT2D eigenvalue weighted by Gasteiger charge is -2.37. The first-order valence-corrected chi connectivity index (χ1v) is 25.1. The molecule has 1 atom stereocenters. The second-order valence-corrected chi connectivity index (χ2v) is 20.5. The Labute approximate surface area is 382 Å². The van der Waals surface area contributed by atoms with E-state index in [1.54, 1.807) is 23.9 Å². The SMILES string of the molecule is CC(C)N1CCN(CC[C@H](CSc2ccccc2)Nc2ccc(S(=O)(=O)CCCC(=O)c3ccc(N4CCN(Cc5ccccc5-c5ccc(Cl)cc5)CC4)cc3)cc2N=O)CC1. The first-order chi connectivity index (χ1) is 30.5. The number of nitrogens with zero attached hydrogens (tertiary/aromatic N) is 5. The molecule has 0 unspecified atom stereocenters. The summed E-state index contributed by atoms with van der Waals surface area (Å²) in [6, 6.07) is 39.5. The Balaban J connectivity index is 0.890. The number of nitroso groups, excluding NO2 is 1. The Morgan fingerprint density at radius 2 is 1.48 bits per heavy atom. The Morgan fingerprint density at radius 3 is 2.17 bits per heavy atom. The lowest BCUT2D eigenvalue weighted by Crippen LogP contribution is -2.49. The van der Waals surface area contributed by atoms with Crippen molar-refractivity contribution in [2.75, 3.05) is 80.6 Å². The first-order valence-electron chi connectivity index (χ1n) is 22.1. The van der Waals surface area contributed by atoms with Crippen molar-refractivity contribution in [1.82, 2.24) is 14.7 Å². The normalized spacial score (nSPS) is 16.0. The predicted molar refractivity (Wildman–Crippen MR) is 261 cm³/mol. The van der Waals surface area contributed by atoms with Crippen LogP contribution in [0.2, 0.25) is 5.02 Å². The number of thioether (sulfide) groups is 1. The number of ketones is 1. The lowest BCUT2D eigenvalue weighted by molar-refractivity contribution is 0.0982. The Hall–Kier alpha value is -4.56. The molecule has 5 aromatic rings. The molecule has 2 saturated heterocycles. The van der Waals surface area contributed by atoms with Crippen LogP contribution in [0.15, 0.2) is 136 Å². The zero-order chi connectivity index (χ0) is 44.2. The van der Waals surface area contributed by atoms with Crippen LogP contribution in [0.4, 0.5) is 17.1 Å². The fourth-order valence-corrected chi connectivity index (χ4v) is 10.8. The standard InChI is InChI=1S/C50H59ClN6O4S2/c1-38(2)56-30-26-54(27-31-56)25-24-43(37-62-45-10-4-3-5-11-45)52-48-23-22-46(35-49(48)53-59)63(60,61)34-8-13-50(58)40-16-20-44(21-17-40)57-32-28-55(29-33-57)36-41-9-6-7-12-47(41)39-14-18-42(51)19-15-39/h3-7,9-12,14-23,35,38,43,52H,8,13,24-34,36-37H2,1-2H3/t43-/m1/s1. The van der Waals surface area contributed by atoms with Gasteiger partial charge >= 0.3 is 0 Å². The van der Waals surface area contributed by atoms with Crippen molar-refractivity contribution < 1.29 is 13.2 Å². The molecule has 2 fully saturated rings. The number of benzene rings is 5. The zero-order valence-corrected chi connectivity index (χ0v) is 38.8. The topological polar surface area (TPSA) is 106 Å². The van der Waals surface area contributed by atoms with Crippen molar-refractivity contribution in [2.45, 2.75) is 61.5 Å². The molecule has 0 spiro atoms. The molecule has 0 aromatic heterocycles. The third-order valence-corrected chi connectivity index (χ3v) is 15.4. The van der Waals surface area contributed by atoms with Crippen LogP contribution < -0.4 is 10.2 Å². The van der Waals surface area contributed by atoms with Gasteiger partial charge in [-0.15, -0.1) is 16.7 Å². The second kappa shape index (κ2) is 22.4. The highest BCUT2D eigenvalue weighted by atomic mass is 35.5. The number of Topliss-reactive ketones (excluding diaryl/α,β-unsaturated/α-hetero) is 1. The molecule has 0 saturated carbocycles. The van der Waals surface area contributed by atoms with E-state index in [1.807, 2.05) is 54.6 Å². The third kappa shape index (κ3) is 13.0. The highest BCUT2D eigenvalue weighted by Gasteiger charge is 2.23. The third-order valence-electron chi connectivity index (χ3n) is 12.2. The summed E-state index contributed by atoms with van der Waals surface area (Å²) in [5.41, 5.74) is 5.87. The molecule has 332 valence electrons. The van der Waals surface area contributed by atoms with Crippen molar-refractivity contribution in [3.05, 3.63) is 142 Å². The van der Waals surface area contributed by atoms with Crippen LogP contribution in [-0.2, 0) is 16.4 Å². The average molecular weight is 908 g/mol. The Morgan fingerprint density at radius 1 is 0.794 bits per heavy atom. The van der Waals surface area contributed by atoms with Crippen LogP contribution in [0.5, 0.6) is 0 Å². The molecule has 2 aliphatic rings. The van der Waals surface area contributed by atoms with Gasteiger partial charge in [0.05, 0.1) is 16.3 Å². The van der Waals surface area contributed by atoms with E-state index in [0.717, 1.165) is 98.8 Å². The zero-order valence-electron chi connectivity index (χ0n) is 36.4. The fourth-order valence-electron chi connectivity index (χ4n) is 8.39. The van der Waals surface area contributed by atoms with E-state index in [1.165, 1.54) is 17.2 Å². The summed E-state index contributed by atoms with van der Waals surface area (Å²) >= 11 is 7.89. The fraction of sp³-hybridized carbons (Fsp3) is 0.380. The molecule has 13 heteroatoms. The van der Waals surface area contributed by atoms with Crippen LogP contribution in [0.25, 0.3) is 11.1 Å². The predicted octanol–water partition coefficient (Wildman–Crippen LogP) is 10.2. The minimum Gasteiger partial charge on any atom is -0.380 e. The van der Waals surface area contributed by atoms with Crippen molar-refractivity contribution >= 4 is 56.0 Å². The molecular weight excluding hydrogens is 848 g/mol. The molecule has 5 aromatic carbocycles. The number of hydrogen-bond acceptors (Lipinski definition) is 11.